The number of carbonyl (C=O) groups excluding carboxylic acids is 1. The molecule has 3 aromatic rings. The van der Waals surface area contributed by atoms with Gasteiger partial charge >= 0.3 is 11.6 Å². The standard InChI is InChI=1S/C21H17Cl2NO6/c1-10-13-7-15(23)17(25)9-18(13)30-21(29)14(10)8-19(26)24-16(20(27)28)6-11-2-4-12(22)5-3-11/h2-5,7,9,16,25H,6,8H2,1H3,(H,24,26)(H,27,28)/t16-/m1/s1. The normalized spacial score (nSPS) is 12.0. The number of halogens is 2. The van der Waals surface area contributed by atoms with E-state index in [0.717, 1.165) is 0 Å². The minimum Gasteiger partial charge on any atom is -0.506 e. The first-order chi connectivity index (χ1) is 14.2. The fourth-order valence-electron chi connectivity index (χ4n) is 3.06. The van der Waals surface area contributed by atoms with Gasteiger partial charge in [-0.3, -0.25) is 4.79 Å². The van der Waals surface area contributed by atoms with Gasteiger partial charge in [-0.1, -0.05) is 35.3 Å². The number of carboxylic acids is 1. The molecule has 0 radical (unpaired) electrons. The number of benzene rings is 2. The van der Waals surface area contributed by atoms with Crippen molar-refractivity contribution >= 4 is 46.0 Å². The molecule has 0 fully saturated rings. The van der Waals surface area contributed by atoms with Gasteiger partial charge in [0.15, 0.2) is 0 Å². The summed E-state index contributed by atoms with van der Waals surface area (Å²) < 4.78 is 5.19. The Labute approximate surface area is 180 Å². The summed E-state index contributed by atoms with van der Waals surface area (Å²) in [6.07, 6.45) is -0.314. The van der Waals surface area contributed by atoms with E-state index in [1.54, 1.807) is 31.2 Å². The lowest BCUT2D eigenvalue weighted by molar-refractivity contribution is -0.141. The lowest BCUT2D eigenvalue weighted by atomic mass is 10.0. The van der Waals surface area contributed by atoms with Gasteiger partial charge in [0.05, 0.1) is 17.0 Å². The molecule has 1 aromatic heterocycles. The molecular formula is C21H17Cl2NO6. The van der Waals surface area contributed by atoms with Gasteiger partial charge in [0.1, 0.15) is 17.4 Å². The Balaban J connectivity index is 1.82. The van der Waals surface area contributed by atoms with Gasteiger partial charge in [-0.15, -0.1) is 0 Å². The van der Waals surface area contributed by atoms with Crippen molar-refractivity contribution in [1.29, 1.82) is 0 Å². The summed E-state index contributed by atoms with van der Waals surface area (Å²) in [6.45, 7) is 1.62. The van der Waals surface area contributed by atoms with Gasteiger partial charge < -0.3 is 19.9 Å². The van der Waals surface area contributed by atoms with E-state index in [2.05, 4.69) is 5.32 Å². The Kier molecular flexibility index (Phi) is 6.34. The number of fused-ring (bicyclic) bond motifs is 1. The zero-order chi connectivity index (χ0) is 22.0. The minimum atomic E-state index is -1.21. The molecule has 2 aromatic carbocycles. The molecule has 0 saturated carbocycles. The van der Waals surface area contributed by atoms with Gasteiger partial charge in [-0.05, 0) is 36.2 Å². The van der Waals surface area contributed by atoms with E-state index in [1.165, 1.54) is 12.1 Å². The first-order valence-corrected chi connectivity index (χ1v) is 9.62. The summed E-state index contributed by atoms with van der Waals surface area (Å²) in [4.78, 5) is 36.4. The van der Waals surface area contributed by atoms with Crippen LogP contribution in [0.2, 0.25) is 10.0 Å². The highest BCUT2D eigenvalue weighted by atomic mass is 35.5. The fourth-order valence-corrected chi connectivity index (χ4v) is 3.35. The predicted molar refractivity (Wildman–Crippen MR) is 112 cm³/mol. The van der Waals surface area contributed by atoms with Crippen molar-refractivity contribution in [3.8, 4) is 5.75 Å². The molecule has 0 bridgehead atoms. The van der Waals surface area contributed by atoms with E-state index in [4.69, 9.17) is 27.6 Å². The Morgan fingerprint density at radius 1 is 1.17 bits per heavy atom. The molecule has 3 rings (SSSR count). The Morgan fingerprint density at radius 3 is 2.47 bits per heavy atom. The van der Waals surface area contributed by atoms with Crippen LogP contribution in [0.1, 0.15) is 16.7 Å². The molecule has 0 spiro atoms. The molecular weight excluding hydrogens is 433 g/mol. The molecule has 156 valence electrons. The van der Waals surface area contributed by atoms with E-state index in [0.29, 0.717) is 21.5 Å². The van der Waals surface area contributed by atoms with Crippen LogP contribution in [0.15, 0.2) is 45.6 Å². The topological polar surface area (TPSA) is 117 Å². The molecule has 0 saturated heterocycles. The number of nitrogens with one attached hydrogen (secondary N) is 1. The molecule has 1 heterocycles. The number of aromatic hydroxyl groups is 1. The van der Waals surface area contributed by atoms with Crippen molar-refractivity contribution in [2.45, 2.75) is 25.8 Å². The molecule has 30 heavy (non-hydrogen) atoms. The van der Waals surface area contributed by atoms with Crippen LogP contribution in [0.25, 0.3) is 11.0 Å². The molecule has 0 aliphatic carbocycles. The van der Waals surface area contributed by atoms with Crippen molar-refractivity contribution in [1.82, 2.24) is 5.32 Å². The van der Waals surface area contributed by atoms with Crippen LogP contribution in [0.3, 0.4) is 0 Å². The van der Waals surface area contributed by atoms with E-state index in [1.807, 2.05) is 0 Å². The average molecular weight is 450 g/mol. The van der Waals surface area contributed by atoms with Crippen LogP contribution in [0.4, 0.5) is 0 Å². The SMILES string of the molecule is Cc1c(CC(=O)N[C@H](Cc2ccc(Cl)cc2)C(=O)O)c(=O)oc2cc(O)c(Cl)cc12. The lowest BCUT2D eigenvalue weighted by Crippen LogP contribution is -2.43. The van der Waals surface area contributed by atoms with Crippen LogP contribution in [-0.2, 0) is 22.4 Å². The number of carbonyl (C=O) groups is 2. The monoisotopic (exact) mass is 449 g/mol. The minimum absolute atomic E-state index is 0.0540. The van der Waals surface area contributed by atoms with Gasteiger partial charge in [0.25, 0.3) is 0 Å². The Hall–Kier alpha value is -3.03. The number of phenolic OH excluding ortho intramolecular Hbond substituents is 1. The number of hydrogen-bond acceptors (Lipinski definition) is 5. The Bertz CT molecular complexity index is 1190. The van der Waals surface area contributed by atoms with Crippen LogP contribution in [0.5, 0.6) is 5.75 Å². The quantitative estimate of drug-likeness (QED) is 0.496. The first kappa shape index (κ1) is 21.7. The van der Waals surface area contributed by atoms with Crippen molar-refractivity contribution in [2.24, 2.45) is 0 Å². The van der Waals surface area contributed by atoms with Crippen LogP contribution in [0, 0.1) is 6.92 Å². The lowest BCUT2D eigenvalue weighted by Gasteiger charge is -2.15. The van der Waals surface area contributed by atoms with Crippen LogP contribution < -0.4 is 10.9 Å². The largest absolute Gasteiger partial charge is 0.506 e. The highest BCUT2D eigenvalue weighted by molar-refractivity contribution is 6.32. The van der Waals surface area contributed by atoms with E-state index < -0.39 is 23.5 Å². The number of aryl methyl sites for hydroxylation is 1. The number of aliphatic carboxylic acids is 1. The second-order valence-corrected chi connectivity index (χ2v) is 7.60. The first-order valence-electron chi connectivity index (χ1n) is 8.87. The van der Waals surface area contributed by atoms with Crippen LogP contribution >= 0.6 is 23.2 Å². The molecule has 0 aliphatic heterocycles. The number of rotatable bonds is 6. The average Bonchev–Trinajstić information content (AvgIpc) is 2.68. The summed E-state index contributed by atoms with van der Waals surface area (Å²) in [5.74, 6) is -2.08. The fraction of sp³-hybridized carbons (Fsp3) is 0.190. The van der Waals surface area contributed by atoms with Gasteiger partial charge in [0.2, 0.25) is 5.91 Å². The van der Waals surface area contributed by atoms with E-state index >= 15 is 0 Å². The van der Waals surface area contributed by atoms with Crippen molar-refractivity contribution in [3.63, 3.8) is 0 Å². The predicted octanol–water partition coefficient (Wildman–Crippen LogP) is 3.47. The molecule has 3 N–H and O–H groups in total. The zero-order valence-electron chi connectivity index (χ0n) is 15.7. The van der Waals surface area contributed by atoms with Crippen LogP contribution in [-0.4, -0.2) is 28.1 Å². The van der Waals surface area contributed by atoms with E-state index in [-0.39, 0.29) is 34.8 Å². The molecule has 7 nitrogen and oxygen atoms in total. The third-order valence-corrected chi connectivity index (χ3v) is 5.23. The Morgan fingerprint density at radius 2 is 1.83 bits per heavy atom. The number of carboxylic acid groups (broad SMARTS) is 1. The molecule has 9 heteroatoms. The summed E-state index contributed by atoms with van der Waals surface area (Å²) in [5, 5.41) is 22.6. The third-order valence-electron chi connectivity index (χ3n) is 4.68. The molecule has 1 atom stereocenters. The summed E-state index contributed by atoms with van der Waals surface area (Å²) in [6, 6.07) is 8.08. The second-order valence-electron chi connectivity index (χ2n) is 6.76. The zero-order valence-corrected chi connectivity index (χ0v) is 17.3. The summed E-state index contributed by atoms with van der Waals surface area (Å²) >= 11 is 11.8. The smallest absolute Gasteiger partial charge is 0.340 e. The molecule has 1 amide bonds. The van der Waals surface area contributed by atoms with E-state index in [9.17, 15) is 24.6 Å². The van der Waals surface area contributed by atoms with Gasteiger partial charge in [-0.2, -0.15) is 0 Å². The summed E-state index contributed by atoms with van der Waals surface area (Å²) in [5.41, 5.74) is 0.611. The van der Waals surface area contributed by atoms with Crippen molar-refractivity contribution in [2.75, 3.05) is 0 Å². The van der Waals surface area contributed by atoms with Crippen molar-refractivity contribution < 1.29 is 24.2 Å². The maximum Gasteiger partial charge on any atom is 0.340 e. The highest BCUT2D eigenvalue weighted by Crippen LogP contribution is 2.30. The molecule has 0 unspecified atom stereocenters. The number of hydrogen-bond donors (Lipinski definition) is 3. The highest BCUT2D eigenvalue weighted by Gasteiger charge is 2.23. The molecule has 0 aliphatic rings. The maximum atomic E-state index is 12.5. The summed E-state index contributed by atoms with van der Waals surface area (Å²) in [7, 11) is 0. The van der Waals surface area contributed by atoms with Gasteiger partial charge in [0, 0.05) is 22.9 Å². The maximum absolute atomic E-state index is 12.5. The van der Waals surface area contributed by atoms with Gasteiger partial charge in [-0.25, -0.2) is 9.59 Å². The number of amides is 1. The third kappa shape index (κ3) is 4.75. The second kappa shape index (κ2) is 8.77. The number of phenols is 1. The van der Waals surface area contributed by atoms with Crippen molar-refractivity contribution in [3.05, 3.63) is 73.6 Å².